The van der Waals surface area contributed by atoms with Gasteiger partial charge in [-0.05, 0) is 110 Å². The summed E-state index contributed by atoms with van der Waals surface area (Å²) in [4.78, 5) is 0. The van der Waals surface area contributed by atoms with Crippen molar-refractivity contribution in [2.45, 2.75) is 59.8 Å². The number of hydrogen-bond donors (Lipinski definition) is 0. The molecule has 0 nitrogen and oxygen atoms in total. The molecule has 3 aromatic rings. The predicted molar refractivity (Wildman–Crippen MR) is 158 cm³/mol. The van der Waals surface area contributed by atoms with E-state index in [4.69, 9.17) is 19.3 Å². The Morgan fingerprint density at radius 3 is 1.89 bits per heavy atom. The molecular formula is C37H34. The van der Waals surface area contributed by atoms with Gasteiger partial charge in [-0.3, -0.25) is 0 Å². The Bertz CT molecular complexity index is 1580. The molecule has 4 rings (SSSR count). The van der Waals surface area contributed by atoms with E-state index < -0.39 is 5.41 Å². The van der Waals surface area contributed by atoms with E-state index in [0.717, 1.165) is 44.5 Å². The van der Waals surface area contributed by atoms with Crippen LogP contribution in [0.1, 0.15) is 76.8 Å². The SMILES string of the molecule is C#CC1=C(c2ccccc2)C(C)(c2c(C)cc(C#C)cc2C)C(c2c(C)cc(C)cc2C#C)C(C)=C1C. The summed E-state index contributed by atoms with van der Waals surface area (Å²) in [6.07, 6.45) is 18.3. The summed E-state index contributed by atoms with van der Waals surface area (Å²) in [5, 5.41) is 0. The second-order valence-corrected chi connectivity index (χ2v) is 10.5. The average Bonchev–Trinajstić information content (AvgIpc) is 2.86. The second kappa shape index (κ2) is 9.70. The third-order valence-corrected chi connectivity index (χ3v) is 8.15. The van der Waals surface area contributed by atoms with E-state index in [-0.39, 0.29) is 5.92 Å². The smallest absolute Gasteiger partial charge is 0.0318 e. The van der Waals surface area contributed by atoms with Gasteiger partial charge in [0.1, 0.15) is 0 Å². The van der Waals surface area contributed by atoms with Crippen LogP contribution in [0.4, 0.5) is 0 Å². The topological polar surface area (TPSA) is 0 Å². The zero-order valence-corrected chi connectivity index (χ0v) is 23.0. The predicted octanol–water partition coefficient (Wildman–Crippen LogP) is 8.36. The van der Waals surface area contributed by atoms with Crippen LogP contribution in [0.25, 0.3) is 5.57 Å². The Kier molecular flexibility index (Phi) is 6.79. The van der Waals surface area contributed by atoms with E-state index in [1.54, 1.807) is 0 Å². The van der Waals surface area contributed by atoms with Crippen molar-refractivity contribution in [1.29, 1.82) is 0 Å². The summed E-state index contributed by atoms with van der Waals surface area (Å²) in [6.45, 7) is 15.3. The molecule has 0 spiro atoms. The van der Waals surface area contributed by atoms with Gasteiger partial charge in [0, 0.05) is 28.0 Å². The molecule has 2 unspecified atom stereocenters. The van der Waals surface area contributed by atoms with Crippen molar-refractivity contribution in [2.75, 3.05) is 0 Å². The molecule has 0 heterocycles. The lowest BCUT2D eigenvalue weighted by molar-refractivity contribution is 0.508. The van der Waals surface area contributed by atoms with Crippen molar-refractivity contribution < 1.29 is 0 Å². The molecule has 0 aromatic heterocycles. The fourth-order valence-corrected chi connectivity index (χ4v) is 6.79. The molecule has 2 atom stereocenters. The van der Waals surface area contributed by atoms with Crippen molar-refractivity contribution >= 4 is 5.57 Å². The van der Waals surface area contributed by atoms with Crippen LogP contribution < -0.4 is 0 Å². The summed E-state index contributed by atoms with van der Waals surface area (Å²) in [6, 6.07) is 19.2. The monoisotopic (exact) mass is 478 g/mol. The molecule has 3 aromatic carbocycles. The number of benzene rings is 3. The number of hydrogen-bond acceptors (Lipinski definition) is 0. The van der Waals surface area contributed by atoms with Crippen molar-refractivity contribution in [3.8, 4) is 37.0 Å². The Labute approximate surface area is 223 Å². The van der Waals surface area contributed by atoms with Crippen LogP contribution in [0.15, 0.2) is 71.3 Å². The fraction of sp³-hybridized carbons (Fsp3) is 0.243. The van der Waals surface area contributed by atoms with Gasteiger partial charge in [0.2, 0.25) is 0 Å². The molecule has 1 aliphatic carbocycles. The maximum Gasteiger partial charge on any atom is 0.0318 e. The molecule has 182 valence electrons. The van der Waals surface area contributed by atoms with Gasteiger partial charge in [0.25, 0.3) is 0 Å². The molecule has 0 saturated heterocycles. The van der Waals surface area contributed by atoms with Gasteiger partial charge < -0.3 is 0 Å². The second-order valence-electron chi connectivity index (χ2n) is 10.5. The number of aryl methyl sites for hydroxylation is 4. The van der Waals surface area contributed by atoms with Crippen molar-refractivity contribution in [2.24, 2.45) is 0 Å². The quantitative estimate of drug-likeness (QED) is 0.332. The normalized spacial score (nSPS) is 19.3. The van der Waals surface area contributed by atoms with Gasteiger partial charge in [-0.25, -0.2) is 0 Å². The minimum absolute atomic E-state index is 0.0134. The average molecular weight is 479 g/mol. The minimum atomic E-state index is -0.500. The van der Waals surface area contributed by atoms with Crippen LogP contribution in [0.5, 0.6) is 0 Å². The standard InChI is InChI=1S/C37H34/c1-11-29-21-25(6)34(26(7)22-29)37(10)35(33-24(5)19-23(4)20-30(33)12-2)28(9)27(8)32(13-3)36(37)31-17-15-14-16-18-31/h1-3,14-22,35H,4-10H3. The molecule has 0 heteroatoms. The lowest BCUT2D eigenvalue weighted by Crippen LogP contribution is -2.39. The van der Waals surface area contributed by atoms with E-state index >= 15 is 0 Å². The number of terminal acetylenes is 3. The first-order valence-corrected chi connectivity index (χ1v) is 12.7. The zero-order chi connectivity index (χ0) is 27.1. The zero-order valence-electron chi connectivity index (χ0n) is 23.0. The van der Waals surface area contributed by atoms with E-state index in [1.807, 2.05) is 6.07 Å². The minimum Gasteiger partial charge on any atom is -0.115 e. The van der Waals surface area contributed by atoms with Gasteiger partial charge >= 0.3 is 0 Å². The lowest BCUT2D eigenvalue weighted by Gasteiger charge is -2.48. The van der Waals surface area contributed by atoms with Crippen molar-refractivity contribution in [1.82, 2.24) is 0 Å². The molecule has 0 aliphatic heterocycles. The van der Waals surface area contributed by atoms with Crippen molar-refractivity contribution in [3.05, 3.63) is 121 Å². The van der Waals surface area contributed by atoms with Gasteiger partial charge in [0.05, 0.1) is 0 Å². The van der Waals surface area contributed by atoms with Crippen LogP contribution in [0.3, 0.4) is 0 Å². The Morgan fingerprint density at radius 1 is 0.730 bits per heavy atom. The van der Waals surface area contributed by atoms with Crippen LogP contribution in [0, 0.1) is 64.7 Å². The maximum atomic E-state index is 6.29. The Hall–Kier alpha value is -4.18. The molecule has 37 heavy (non-hydrogen) atoms. The van der Waals surface area contributed by atoms with E-state index in [9.17, 15) is 0 Å². The number of allylic oxidation sites excluding steroid dienone is 4. The largest absolute Gasteiger partial charge is 0.115 e. The summed E-state index contributed by atoms with van der Waals surface area (Å²) >= 11 is 0. The van der Waals surface area contributed by atoms with Crippen LogP contribution in [0.2, 0.25) is 0 Å². The summed E-state index contributed by atoms with van der Waals surface area (Å²) in [7, 11) is 0. The van der Waals surface area contributed by atoms with Crippen LogP contribution >= 0.6 is 0 Å². The van der Waals surface area contributed by atoms with E-state index in [1.165, 1.54) is 27.8 Å². The van der Waals surface area contributed by atoms with Gasteiger partial charge in [-0.2, -0.15) is 0 Å². The number of rotatable bonds is 3. The summed E-state index contributed by atoms with van der Waals surface area (Å²) in [5.41, 5.74) is 14.1. The van der Waals surface area contributed by atoms with Gasteiger partial charge in [-0.1, -0.05) is 66.7 Å². The third kappa shape index (κ3) is 4.03. The van der Waals surface area contributed by atoms with Gasteiger partial charge in [-0.15, -0.1) is 19.3 Å². The van der Waals surface area contributed by atoms with Crippen LogP contribution in [-0.2, 0) is 5.41 Å². The molecule has 0 radical (unpaired) electrons. The van der Waals surface area contributed by atoms with E-state index in [2.05, 4.69) is 115 Å². The molecule has 0 amide bonds. The Balaban J connectivity index is 2.26. The summed E-state index contributed by atoms with van der Waals surface area (Å²) in [5.74, 6) is 8.93. The van der Waals surface area contributed by atoms with Gasteiger partial charge in [0.15, 0.2) is 0 Å². The molecule has 1 aliphatic rings. The van der Waals surface area contributed by atoms with E-state index in [0.29, 0.717) is 0 Å². The highest BCUT2D eigenvalue weighted by Crippen LogP contribution is 2.59. The molecular weight excluding hydrogens is 444 g/mol. The fourth-order valence-electron chi connectivity index (χ4n) is 6.79. The third-order valence-electron chi connectivity index (χ3n) is 8.15. The first-order chi connectivity index (χ1) is 17.6. The van der Waals surface area contributed by atoms with Crippen LogP contribution in [-0.4, -0.2) is 0 Å². The molecule has 0 fully saturated rings. The highest BCUT2D eigenvalue weighted by atomic mass is 14.5. The first-order valence-electron chi connectivity index (χ1n) is 12.7. The Morgan fingerprint density at radius 2 is 1.35 bits per heavy atom. The highest BCUT2D eigenvalue weighted by Gasteiger charge is 2.48. The molecule has 0 bridgehead atoms. The highest BCUT2D eigenvalue weighted by molar-refractivity contribution is 5.88. The lowest BCUT2D eigenvalue weighted by atomic mass is 9.54. The summed E-state index contributed by atoms with van der Waals surface area (Å²) < 4.78 is 0. The molecule has 0 N–H and O–H groups in total. The maximum absolute atomic E-state index is 6.29. The van der Waals surface area contributed by atoms with Crippen molar-refractivity contribution in [3.63, 3.8) is 0 Å². The first kappa shape index (κ1) is 25.9. The molecule has 0 saturated carbocycles.